The molecule has 7 rings (SSSR count). The van der Waals surface area contributed by atoms with E-state index in [0.29, 0.717) is 51.4 Å². The van der Waals surface area contributed by atoms with Gasteiger partial charge in [0.05, 0.1) is 37.4 Å². The van der Waals surface area contributed by atoms with Crippen molar-refractivity contribution in [2.45, 2.75) is 57.3 Å². The first-order chi connectivity index (χ1) is 22.9. The number of rotatable bonds is 10. The van der Waals surface area contributed by atoms with Gasteiger partial charge in [-0.25, -0.2) is 0 Å². The van der Waals surface area contributed by atoms with Crippen LogP contribution < -0.4 is 14.5 Å². The van der Waals surface area contributed by atoms with Crippen LogP contribution in [0.25, 0.3) is 10.8 Å². The Kier molecular flexibility index (Phi) is 9.17. The fourth-order valence-electron chi connectivity index (χ4n) is 7.72. The average Bonchev–Trinajstić information content (AvgIpc) is 3.76. The van der Waals surface area contributed by atoms with Gasteiger partial charge in [-0.2, -0.15) is 15.2 Å². The Morgan fingerprint density at radius 2 is 1.89 bits per heavy atom. The van der Waals surface area contributed by atoms with Gasteiger partial charge in [-0.3, -0.25) is 9.69 Å². The van der Waals surface area contributed by atoms with Crippen molar-refractivity contribution < 1.29 is 14.3 Å². The monoisotopic (exact) mass is 638 g/mol. The maximum atomic E-state index is 13.5. The molecule has 4 aliphatic rings. The molecule has 3 aromatic rings. The van der Waals surface area contributed by atoms with Crippen molar-refractivity contribution in [3.63, 3.8) is 0 Å². The van der Waals surface area contributed by atoms with E-state index < -0.39 is 0 Å². The van der Waals surface area contributed by atoms with Gasteiger partial charge in [0.15, 0.2) is 0 Å². The second kappa shape index (κ2) is 13.6. The van der Waals surface area contributed by atoms with E-state index in [9.17, 15) is 10.1 Å². The SMILES string of the molecule is COCCN1CC1C(=O)N1CCN(c2nc(OCC3CCCN3C)nc3c2CCN(c2cccc4cccc(C)c24)C3)CC1CC#N. The van der Waals surface area contributed by atoms with Gasteiger partial charge in [-0.05, 0) is 56.8 Å². The summed E-state index contributed by atoms with van der Waals surface area (Å²) in [4.78, 5) is 34.8. The van der Waals surface area contributed by atoms with Crippen molar-refractivity contribution in [2.75, 3.05) is 83.0 Å². The Morgan fingerprint density at radius 1 is 1.04 bits per heavy atom. The van der Waals surface area contributed by atoms with Crippen LogP contribution in [0.1, 0.15) is 36.1 Å². The third-order valence-electron chi connectivity index (χ3n) is 10.5. The first kappa shape index (κ1) is 31.6. The van der Waals surface area contributed by atoms with Gasteiger partial charge in [-0.1, -0.05) is 30.3 Å². The molecule has 11 heteroatoms. The molecule has 0 radical (unpaired) electrons. The minimum absolute atomic E-state index is 0.109. The number of ether oxygens (including phenoxy) is 2. The number of hydrogen-bond acceptors (Lipinski definition) is 10. The summed E-state index contributed by atoms with van der Waals surface area (Å²) in [7, 11) is 3.83. The number of likely N-dealkylation sites (tertiary alicyclic amines) is 1. The zero-order chi connectivity index (χ0) is 32.5. The van der Waals surface area contributed by atoms with E-state index in [2.05, 4.69) is 76.0 Å². The van der Waals surface area contributed by atoms with Crippen molar-refractivity contribution in [3.05, 3.63) is 53.2 Å². The van der Waals surface area contributed by atoms with Gasteiger partial charge in [0, 0.05) is 69.1 Å². The van der Waals surface area contributed by atoms with Crippen LogP contribution in [0.3, 0.4) is 0 Å². The number of benzene rings is 2. The summed E-state index contributed by atoms with van der Waals surface area (Å²) in [5.74, 6) is 1.01. The molecule has 4 atom stereocenters. The Morgan fingerprint density at radius 3 is 2.68 bits per heavy atom. The number of carbonyl (C=O) groups excluding carboxylic acids is 1. The van der Waals surface area contributed by atoms with Gasteiger partial charge in [0.2, 0.25) is 5.91 Å². The van der Waals surface area contributed by atoms with Crippen molar-refractivity contribution in [3.8, 4) is 12.1 Å². The number of hydrogen-bond donors (Lipinski definition) is 0. The number of methoxy groups -OCH3 is 1. The molecular weight excluding hydrogens is 592 g/mol. The molecule has 47 heavy (non-hydrogen) atoms. The van der Waals surface area contributed by atoms with E-state index >= 15 is 0 Å². The molecule has 3 fully saturated rings. The van der Waals surface area contributed by atoms with E-state index in [-0.39, 0.29) is 24.4 Å². The summed E-state index contributed by atoms with van der Waals surface area (Å²) in [5, 5.41) is 12.3. The number of likely N-dealkylation sites (N-methyl/N-ethyl adjacent to an activating group) is 1. The normalized spacial score (nSPS) is 24.3. The summed E-state index contributed by atoms with van der Waals surface area (Å²) in [6.45, 7) is 9.21. The highest BCUT2D eigenvalue weighted by Gasteiger charge is 2.45. The van der Waals surface area contributed by atoms with Crippen LogP contribution >= 0.6 is 0 Å². The molecule has 1 aromatic heterocycles. The summed E-state index contributed by atoms with van der Waals surface area (Å²) >= 11 is 0. The largest absolute Gasteiger partial charge is 0.462 e. The zero-order valence-electron chi connectivity index (χ0n) is 27.9. The van der Waals surface area contributed by atoms with Crippen LogP contribution in [0.2, 0.25) is 0 Å². The second-order valence-electron chi connectivity index (χ2n) is 13.5. The summed E-state index contributed by atoms with van der Waals surface area (Å²) in [6, 6.07) is 15.8. The van der Waals surface area contributed by atoms with Crippen LogP contribution in [0.15, 0.2) is 36.4 Å². The highest BCUT2D eigenvalue weighted by molar-refractivity contribution is 5.97. The summed E-state index contributed by atoms with van der Waals surface area (Å²) in [6.07, 6.45) is 3.37. The lowest BCUT2D eigenvalue weighted by atomic mass is 9.99. The third-order valence-corrected chi connectivity index (χ3v) is 10.5. The van der Waals surface area contributed by atoms with Crippen LogP contribution in [0, 0.1) is 18.3 Å². The topological polar surface area (TPSA) is 101 Å². The Hall–Kier alpha value is -3.98. The molecule has 1 amide bonds. The Labute approximate surface area is 277 Å². The number of fused-ring (bicyclic) bond motifs is 2. The quantitative estimate of drug-likeness (QED) is 0.308. The van der Waals surface area contributed by atoms with Crippen LogP contribution in [-0.4, -0.2) is 122 Å². The van der Waals surface area contributed by atoms with Crippen LogP contribution in [0.4, 0.5) is 11.5 Å². The zero-order valence-corrected chi connectivity index (χ0v) is 27.9. The van der Waals surface area contributed by atoms with Gasteiger partial charge in [0.25, 0.3) is 0 Å². The molecule has 3 saturated heterocycles. The Bertz CT molecular complexity index is 1650. The molecule has 4 aliphatic heterocycles. The number of anilines is 2. The van der Waals surface area contributed by atoms with E-state index in [1.165, 1.54) is 28.4 Å². The molecule has 0 bridgehead atoms. The molecule has 4 unspecified atom stereocenters. The number of carbonyl (C=O) groups is 1. The number of piperazine rings is 1. The smallest absolute Gasteiger partial charge is 0.318 e. The predicted octanol–water partition coefficient (Wildman–Crippen LogP) is 3.24. The molecule has 5 heterocycles. The number of nitriles is 1. The van der Waals surface area contributed by atoms with E-state index in [1.54, 1.807) is 7.11 Å². The first-order valence-electron chi connectivity index (χ1n) is 17.1. The van der Waals surface area contributed by atoms with Crippen LogP contribution in [0.5, 0.6) is 6.01 Å². The average molecular weight is 639 g/mol. The number of aryl methyl sites for hydroxylation is 1. The van der Waals surface area contributed by atoms with Crippen molar-refractivity contribution in [1.82, 2.24) is 24.7 Å². The maximum Gasteiger partial charge on any atom is 0.318 e. The predicted molar refractivity (Wildman–Crippen MR) is 182 cm³/mol. The summed E-state index contributed by atoms with van der Waals surface area (Å²) < 4.78 is 11.6. The fourth-order valence-corrected chi connectivity index (χ4v) is 7.72. The molecule has 11 nitrogen and oxygen atoms in total. The lowest BCUT2D eigenvalue weighted by Gasteiger charge is -2.42. The highest BCUT2D eigenvalue weighted by Crippen LogP contribution is 2.36. The standard InChI is InChI=1S/C36H46N8O3/c1-25-7-4-8-26-9-5-11-31(33(25)26)41-16-13-29-30(22-41)38-36(47-24-28-10-6-15-40(28)2)39-34(29)43-17-18-44(27(21-43)12-14-37)35(45)32-23-42(32)19-20-46-3/h4-5,7-9,11,27-28,32H,6,10,12-13,15-24H2,1-3H3. The van der Waals surface area contributed by atoms with Crippen molar-refractivity contribution >= 4 is 28.2 Å². The van der Waals surface area contributed by atoms with Crippen molar-refractivity contribution in [1.29, 1.82) is 5.26 Å². The second-order valence-corrected chi connectivity index (χ2v) is 13.5. The van der Waals surface area contributed by atoms with E-state index in [0.717, 1.165) is 56.1 Å². The molecular formula is C36H46N8O3. The first-order valence-corrected chi connectivity index (χ1v) is 17.1. The molecule has 2 aromatic carbocycles. The fraction of sp³-hybridized carbons (Fsp3) is 0.556. The van der Waals surface area contributed by atoms with Crippen LogP contribution in [-0.2, 0) is 22.5 Å². The number of nitrogens with zero attached hydrogens (tertiary/aromatic N) is 8. The van der Waals surface area contributed by atoms with E-state index in [1.807, 2.05) is 4.90 Å². The van der Waals surface area contributed by atoms with Gasteiger partial charge < -0.3 is 29.1 Å². The maximum absolute atomic E-state index is 13.5. The molecule has 0 spiro atoms. The number of aromatic nitrogens is 2. The van der Waals surface area contributed by atoms with Crippen molar-refractivity contribution in [2.24, 2.45) is 0 Å². The van der Waals surface area contributed by atoms with Gasteiger partial charge in [-0.15, -0.1) is 0 Å². The molecule has 248 valence electrons. The minimum atomic E-state index is -0.202. The highest BCUT2D eigenvalue weighted by atomic mass is 16.5. The Balaban J connectivity index is 1.16. The minimum Gasteiger partial charge on any atom is -0.462 e. The van der Waals surface area contributed by atoms with Gasteiger partial charge in [0.1, 0.15) is 18.5 Å². The lowest BCUT2D eigenvalue weighted by Crippen LogP contribution is -2.57. The molecule has 0 saturated carbocycles. The molecule has 0 N–H and O–H groups in total. The van der Waals surface area contributed by atoms with E-state index in [4.69, 9.17) is 19.4 Å². The summed E-state index contributed by atoms with van der Waals surface area (Å²) in [5.41, 5.74) is 4.62. The third kappa shape index (κ3) is 6.47. The van der Waals surface area contributed by atoms with Gasteiger partial charge >= 0.3 is 6.01 Å². The lowest BCUT2D eigenvalue weighted by molar-refractivity contribution is -0.134. The number of amides is 1. The molecule has 0 aliphatic carbocycles.